The van der Waals surface area contributed by atoms with Gasteiger partial charge in [-0.15, -0.1) is 0 Å². The predicted molar refractivity (Wildman–Crippen MR) is 49.1 cm³/mol. The molecule has 0 amide bonds. The van der Waals surface area contributed by atoms with Crippen LogP contribution >= 0.6 is 0 Å². The molecule has 0 aromatic rings. The summed E-state index contributed by atoms with van der Waals surface area (Å²) in [5, 5.41) is 11.5. The summed E-state index contributed by atoms with van der Waals surface area (Å²) in [6.45, 7) is 6.87. The van der Waals surface area contributed by atoms with Gasteiger partial charge in [0, 0.05) is 18.2 Å². The van der Waals surface area contributed by atoms with E-state index >= 15 is 0 Å². The predicted octanol–water partition coefficient (Wildman–Crippen LogP) is 1.41. The second-order valence-corrected chi connectivity index (χ2v) is 3.36. The summed E-state index contributed by atoms with van der Waals surface area (Å²) in [4.78, 5) is 10.1. The molecule has 0 aromatic heterocycles. The van der Waals surface area contributed by atoms with Crippen LogP contribution in [0.4, 0.5) is 0 Å². The molecule has 12 heavy (non-hydrogen) atoms. The van der Waals surface area contributed by atoms with Crippen LogP contribution in [0, 0.1) is 0 Å². The van der Waals surface area contributed by atoms with Crippen molar-refractivity contribution in [2.24, 2.45) is 0 Å². The fourth-order valence-corrected chi connectivity index (χ4v) is 0.620. The number of aliphatic carboxylic acids is 1. The third kappa shape index (κ3) is 5.92. The highest BCUT2D eigenvalue weighted by atomic mass is 16.4. The van der Waals surface area contributed by atoms with Gasteiger partial charge in [-0.25, -0.2) is 4.79 Å². The van der Waals surface area contributed by atoms with Crippen molar-refractivity contribution in [2.45, 2.75) is 32.7 Å². The minimum absolute atomic E-state index is 0.0862. The van der Waals surface area contributed by atoms with Gasteiger partial charge < -0.3 is 10.4 Å². The maximum atomic E-state index is 10.1. The topological polar surface area (TPSA) is 49.3 Å². The minimum Gasteiger partial charge on any atom is -0.478 e. The number of carboxylic acid groups (broad SMARTS) is 1. The lowest BCUT2D eigenvalue weighted by atomic mass is 10.0. The van der Waals surface area contributed by atoms with Crippen LogP contribution < -0.4 is 5.32 Å². The molecule has 0 aromatic carbocycles. The molecule has 0 saturated carbocycles. The van der Waals surface area contributed by atoms with E-state index in [4.69, 9.17) is 5.11 Å². The third-order valence-corrected chi connectivity index (χ3v) is 1.84. The van der Waals surface area contributed by atoms with E-state index in [-0.39, 0.29) is 5.54 Å². The van der Waals surface area contributed by atoms with Crippen molar-refractivity contribution in [3.8, 4) is 0 Å². The fourth-order valence-electron chi connectivity index (χ4n) is 0.620. The molecule has 0 radical (unpaired) electrons. The minimum atomic E-state index is -0.897. The maximum Gasteiger partial charge on any atom is 0.328 e. The highest BCUT2D eigenvalue weighted by molar-refractivity contribution is 5.79. The largest absolute Gasteiger partial charge is 0.478 e. The van der Waals surface area contributed by atoms with Crippen LogP contribution in [0.25, 0.3) is 0 Å². The Kier molecular flexibility index (Phi) is 4.59. The number of hydrogen-bond acceptors (Lipinski definition) is 2. The van der Waals surface area contributed by atoms with E-state index in [1.165, 1.54) is 0 Å². The van der Waals surface area contributed by atoms with Gasteiger partial charge in [0.2, 0.25) is 0 Å². The van der Waals surface area contributed by atoms with Crippen LogP contribution in [-0.2, 0) is 4.79 Å². The van der Waals surface area contributed by atoms with Crippen LogP contribution in [0.2, 0.25) is 0 Å². The molecule has 2 N–H and O–H groups in total. The average molecular weight is 171 g/mol. The van der Waals surface area contributed by atoms with Crippen molar-refractivity contribution in [1.29, 1.82) is 0 Å². The van der Waals surface area contributed by atoms with Gasteiger partial charge in [0.05, 0.1) is 0 Å². The monoisotopic (exact) mass is 171 g/mol. The van der Waals surface area contributed by atoms with Crippen molar-refractivity contribution in [1.82, 2.24) is 5.32 Å². The molecular weight excluding hydrogens is 154 g/mol. The molecule has 0 aliphatic carbocycles. The Morgan fingerprint density at radius 3 is 2.58 bits per heavy atom. The number of hydrogen-bond donors (Lipinski definition) is 2. The Balaban J connectivity index is 3.63. The van der Waals surface area contributed by atoms with Crippen LogP contribution in [0.3, 0.4) is 0 Å². The van der Waals surface area contributed by atoms with E-state index in [1.807, 2.05) is 0 Å². The summed E-state index contributed by atoms with van der Waals surface area (Å²) in [6, 6.07) is 0. The summed E-state index contributed by atoms with van der Waals surface area (Å²) in [6.07, 6.45) is 3.78. The molecule has 0 aliphatic rings. The molecule has 0 rings (SSSR count). The first kappa shape index (κ1) is 11.2. The van der Waals surface area contributed by atoms with E-state index < -0.39 is 5.97 Å². The lowest BCUT2D eigenvalue weighted by Crippen LogP contribution is -2.38. The van der Waals surface area contributed by atoms with Crippen LogP contribution in [0.1, 0.15) is 27.2 Å². The SMILES string of the molecule is CCC(C)(C)NC/C=C/C(=O)O. The lowest BCUT2D eigenvalue weighted by Gasteiger charge is -2.23. The summed E-state index contributed by atoms with van der Waals surface area (Å²) in [5.41, 5.74) is 0.0862. The number of rotatable bonds is 5. The van der Waals surface area contributed by atoms with Gasteiger partial charge in [-0.2, -0.15) is 0 Å². The van der Waals surface area contributed by atoms with E-state index in [9.17, 15) is 4.79 Å². The second-order valence-electron chi connectivity index (χ2n) is 3.36. The molecule has 0 fully saturated rings. The van der Waals surface area contributed by atoms with Crippen molar-refractivity contribution < 1.29 is 9.90 Å². The standard InChI is InChI=1S/C9H17NO2/c1-4-9(2,3)10-7-5-6-8(11)12/h5-6,10H,4,7H2,1-3H3,(H,11,12)/b6-5+. The molecule has 0 bridgehead atoms. The zero-order valence-electron chi connectivity index (χ0n) is 7.92. The highest BCUT2D eigenvalue weighted by Gasteiger charge is 2.11. The molecule has 0 aliphatic heterocycles. The van der Waals surface area contributed by atoms with Gasteiger partial charge in [0.1, 0.15) is 0 Å². The summed E-state index contributed by atoms with van der Waals surface area (Å²) in [5.74, 6) is -0.897. The van der Waals surface area contributed by atoms with E-state index in [0.29, 0.717) is 6.54 Å². The van der Waals surface area contributed by atoms with Crippen molar-refractivity contribution in [3.05, 3.63) is 12.2 Å². The van der Waals surface area contributed by atoms with E-state index in [2.05, 4.69) is 26.1 Å². The number of carbonyl (C=O) groups is 1. The highest BCUT2D eigenvalue weighted by Crippen LogP contribution is 2.05. The molecular formula is C9H17NO2. The molecule has 0 heterocycles. The van der Waals surface area contributed by atoms with Gasteiger partial charge >= 0.3 is 5.97 Å². The van der Waals surface area contributed by atoms with Gasteiger partial charge in [0.25, 0.3) is 0 Å². The van der Waals surface area contributed by atoms with Gasteiger partial charge in [-0.3, -0.25) is 0 Å². The number of nitrogens with one attached hydrogen (secondary N) is 1. The first-order valence-electron chi connectivity index (χ1n) is 4.12. The maximum absolute atomic E-state index is 10.1. The zero-order valence-corrected chi connectivity index (χ0v) is 7.92. The Morgan fingerprint density at radius 1 is 1.58 bits per heavy atom. The Bertz CT molecular complexity index is 173. The smallest absolute Gasteiger partial charge is 0.328 e. The molecule has 0 saturated heterocycles. The Morgan fingerprint density at radius 2 is 2.17 bits per heavy atom. The molecule has 70 valence electrons. The lowest BCUT2D eigenvalue weighted by molar-refractivity contribution is -0.131. The van der Waals surface area contributed by atoms with Crippen LogP contribution in [0.5, 0.6) is 0 Å². The Hall–Kier alpha value is -0.830. The number of carboxylic acids is 1. The molecule has 0 unspecified atom stereocenters. The third-order valence-electron chi connectivity index (χ3n) is 1.84. The summed E-state index contributed by atoms with van der Waals surface area (Å²) < 4.78 is 0. The van der Waals surface area contributed by atoms with E-state index in [1.54, 1.807) is 6.08 Å². The first-order chi connectivity index (χ1) is 5.48. The van der Waals surface area contributed by atoms with Crippen molar-refractivity contribution in [3.63, 3.8) is 0 Å². The molecule has 3 heteroatoms. The molecule has 0 atom stereocenters. The van der Waals surface area contributed by atoms with Crippen LogP contribution in [0.15, 0.2) is 12.2 Å². The quantitative estimate of drug-likeness (QED) is 0.615. The van der Waals surface area contributed by atoms with Crippen molar-refractivity contribution in [2.75, 3.05) is 6.54 Å². The average Bonchev–Trinajstić information content (AvgIpc) is 1.98. The normalized spacial score (nSPS) is 12.2. The van der Waals surface area contributed by atoms with Gasteiger partial charge in [0.15, 0.2) is 0 Å². The molecule has 3 nitrogen and oxygen atoms in total. The fraction of sp³-hybridized carbons (Fsp3) is 0.667. The van der Waals surface area contributed by atoms with Crippen LogP contribution in [-0.4, -0.2) is 23.2 Å². The molecule has 0 spiro atoms. The second kappa shape index (κ2) is 4.93. The summed E-state index contributed by atoms with van der Waals surface area (Å²) >= 11 is 0. The Labute approximate surface area is 73.5 Å². The van der Waals surface area contributed by atoms with Gasteiger partial charge in [-0.1, -0.05) is 13.0 Å². The summed E-state index contributed by atoms with van der Waals surface area (Å²) in [7, 11) is 0. The van der Waals surface area contributed by atoms with Crippen molar-refractivity contribution >= 4 is 5.97 Å². The zero-order chi connectivity index (χ0) is 9.61. The van der Waals surface area contributed by atoms with E-state index in [0.717, 1.165) is 12.5 Å². The first-order valence-corrected chi connectivity index (χ1v) is 4.12. The van der Waals surface area contributed by atoms with Gasteiger partial charge in [-0.05, 0) is 20.3 Å².